The van der Waals surface area contributed by atoms with Crippen LogP contribution in [-0.2, 0) is 13.0 Å². The van der Waals surface area contributed by atoms with Gasteiger partial charge in [-0.05, 0) is 0 Å². The van der Waals surface area contributed by atoms with Crippen LogP contribution in [0.1, 0.15) is 24.5 Å². The van der Waals surface area contributed by atoms with Gasteiger partial charge in [-0.1, -0.05) is 0 Å². The molecule has 0 bridgehead atoms. The summed E-state index contributed by atoms with van der Waals surface area (Å²) in [6.07, 6.45) is 2.25. The molecule has 0 atom stereocenters. The van der Waals surface area contributed by atoms with Crippen molar-refractivity contribution in [2.24, 2.45) is 18.1 Å². The van der Waals surface area contributed by atoms with Gasteiger partial charge in [-0.25, -0.2) is 0 Å². The molecule has 0 unspecified atom stereocenters. The van der Waals surface area contributed by atoms with Crippen molar-refractivity contribution in [3.05, 3.63) is 35.4 Å². The molecule has 0 heterocycles. The fourth-order valence-electron chi connectivity index (χ4n) is 4.97. The molecular formula is C28H68N11P5. The van der Waals surface area contributed by atoms with Gasteiger partial charge in [0.15, 0.2) is 0 Å². The fraction of sp³-hybridized carbons (Fsp3) is 0.786. The summed E-state index contributed by atoms with van der Waals surface area (Å²) in [5.41, 5.74) is 2.66. The van der Waals surface area contributed by atoms with E-state index in [4.69, 9.17) is 18.1 Å². The first-order chi connectivity index (χ1) is 19.9. The van der Waals surface area contributed by atoms with Gasteiger partial charge in [-0.2, -0.15) is 0 Å². The Bertz CT molecular complexity index is 1210. The predicted molar refractivity (Wildman–Crippen MR) is 209 cm³/mol. The van der Waals surface area contributed by atoms with Gasteiger partial charge in [0.05, 0.1) is 0 Å². The second kappa shape index (κ2) is 16.6. The van der Waals surface area contributed by atoms with Gasteiger partial charge < -0.3 is 0 Å². The van der Waals surface area contributed by atoms with Crippen molar-refractivity contribution in [3.8, 4) is 0 Å². The molecule has 16 heteroatoms. The molecule has 0 saturated heterocycles. The zero-order valence-electron chi connectivity index (χ0n) is 31.6. The molecule has 0 amide bonds. The molecule has 0 N–H and O–H groups in total. The average molecular weight is 714 g/mol. The van der Waals surface area contributed by atoms with Crippen LogP contribution in [-0.4, -0.2) is 158 Å². The van der Waals surface area contributed by atoms with E-state index in [0.717, 1.165) is 19.4 Å². The maximum atomic E-state index is 6.07. The summed E-state index contributed by atoms with van der Waals surface area (Å²) >= 11 is 0. The van der Waals surface area contributed by atoms with Gasteiger partial charge in [0.1, 0.15) is 0 Å². The van der Waals surface area contributed by atoms with Gasteiger partial charge in [-0.3, -0.25) is 0 Å². The van der Waals surface area contributed by atoms with Crippen LogP contribution in [0.4, 0.5) is 0 Å². The van der Waals surface area contributed by atoms with E-state index in [9.17, 15) is 0 Å². The minimum atomic E-state index is -3.51. The summed E-state index contributed by atoms with van der Waals surface area (Å²) in [7, 11) is 15.7. The molecule has 0 fully saturated rings. The van der Waals surface area contributed by atoms with Crippen LogP contribution in [0.2, 0.25) is 0 Å². The number of rotatable bonds is 15. The van der Waals surface area contributed by atoms with Crippen LogP contribution in [0.15, 0.2) is 42.3 Å². The Hall–Kier alpha value is 0.290. The average Bonchev–Trinajstić information content (AvgIpc) is 2.86. The molecule has 1 rings (SSSR count). The van der Waals surface area contributed by atoms with Gasteiger partial charge in [0.2, 0.25) is 0 Å². The van der Waals surface area contributed by atoms with Crippen LogP contribution >= 0.6 is 37.1 Å². The van der Waals surface area contributed by atoms with Crippen LogP contribution in [0, 0.1) is 0 Å². The molecule has 0 saturated carbocycles. The first-order valence-corrected chi connectivity index (χ1v) is 25.9. The van der Waals surface area contributed by atoms with Crippen molar-refractivity contribution in [2.75, 3.05) is 125 Å². The second-order valence-corrected chi connectivity index (χ2v) is 32.0. The number of hydrogen-bond acceptors (Lipinski definition) is 4. The van der Waals surface area contributed by atoms with E-state index in [1.807, 2.05) is 0 Å². The predicted octanol–water partition coefficient (Wildman–Crippen LogP) is 8.21. The van der Waals surface area contributed by atoms with Gasteiger partial charge in [0.25, 0.3) is 0 Å². The minimum absolute atomic E-state index is 0.761. The van der Waals surface area contributed by atoms with Crippen molar-refractivity contribution < 1.29 is 0 Å². The standard InChI is InChI=1S/C28H68N11P5/c1-20-21-27-22-24-28(25-23-27)26-39(14)44(37(10)11,38(12)13)32-43(29-40(15,16)17,30-41(18,33(2)3)34(4)5)31-42(19,35(6)7)36(8)9/h22-25,43H,20-21,26H2,1-19H3. The SMILES string of the molecule is CCCc1ccc(CN(C)P(=N[PH](N=P(C)(C)C)(N=P(C)(N(C)C)N(C)C)N=P(C)(N(C)C)N(C)C)(N(C)C)N(C)C)cc1. The summed E-state index contributed by atoms with van der Waals surface area (Å²) in [4.78, 5) is 0. The molecule has 0 aliphatic carbocycles. The quantitative estimate of drug-likeness (QED) is 0.170. The molecule has 0 aliphatic rings. The van der Waals surface area contributed by atoms with Crippen molar-refractivity contribution >= 4 is 37.1 Å². The molecule has 0 aromatic heterocycles. The summed E-state index contributed by atoms with van der Waals surface area (Å²) in [5, 5.41) is 0. The summed E-state index contributed by atoms with van der Waals surface area (Å²) in [6, 6.07) is 9.08. The molecule has 1 aromatic rings. The molecule has 44 heavy (non-hydrogen) atoms. The Morgan fingerprint density at radius 2 is 0.886 bits per heavy atom. The van der Waals surface area contributed by atoms with Gasteiger partial charge in [-0.15, -0.1) is 0 Å². The van der Waals surface area contributed by atoms with E-state index in [1.165, 1.54) is 11.1 Å². The van der Waals surface area contributed by atoms with E-state index in [0.29, 0.717) is 0 Å². The molecule has 260 valence electrons. The number of hydrogen-bond donors (Lipinski definition) is 0. The van der Waals surface area contributed by atoms with Crippen molar-refractivity contribution in [1.82, 2.24) is 32.7 Å². The molecule has 1 aromatic carbocycles. The first kappa shape index (κ1) is 42.3. The maximum absolute atomic E-state index is 6.07. The topological polar surface area (TPSA) is 72.1 Å². The van der Waals surface area contributed by atoms with Crippen molar-refractivity contribution in [1.29, 1.82) is 0 Å². The monoisotopic (exact) mass is 713 g/mol. The Kier molecular flexibility index (Phi) is 16.0. The van der Waals surface area contributed by atoms with E-state index in [-0.39, 0.29) is 0 Å². The third kappa shape index (κ3) is 10.4. The third-order valence-electron chi connectivity index (χ3n) is 7.89. The van der Waals surface area contributed by atoms with Gasteiger partial charge in [0, 0.05) is 0 Å². The fourth-order valence-corrected chi connectivity index (χ4v) is 25.4. The number of aryl methyl sites for hydroxylation is 1. The van der Waals surface area contributed by atoms with Crippen molar-refractivity contribution in [2.45, 2.75) is 26.3 Å². The molecule has 11 nitrogen and oxygen atoms in total. The van der Waals surface area contributed by atoms with Crippen LogP contribution in [0.5, 0.6) is 0 Å². The summed E-state index contributed by atoms with van der Waals surface area (Å²) in [5.74, 6) is 0. The van der Waals surface area contributed by atoms with Gasteiger partial charge >= 0.3 is 275 Å². The molecule has 0 radical (unpaired) electrons. The summed E-state index contributed by atoms with van der Waals surface area (Å²) in [6.45, 7) is 14.3. The zero-order valence-corrected chi connectivity index (χ0v) is 36.2. The third-order valence-corrected chi connectivity index (χ3v) is 27.9. The van der Waals surface area contributed by atoms with E-state index in [2.05, 4.69) is 189 Å². The van der Waals surface area contributed by atoms with Crippen LogP contribution < -0.4 is 0 Å². The van der Waals surface area contributed by atoms with E-state index in [1.54, 1.807) is 0 Å². The van der Waals surface area contributed by atoms with E-state index >= 15 is 0 Å². The zero-order chi connectivity index (χ0) is 34.5. The second-order valence-electron chi connectivity index (χ2n) is 13.7. The Balaban J connectivity index is 4.57. The number of benzene rings is 1. The van der Waals surface area contributed by atoms with E-state index < -0.39 is 37.1 Å². The Morgan fingerprint density at radius 1 is 0.523 bits per heavy atom. The first-order valence-electron chi connectivity index (χ1n) is 15.2. The molecule has 0 aliphatic heterocycles. The summed E-state index contributed by atoms with van der Waals surface area (Å²) < 4.78 is 39.8. The molecular weight excluding hydrogens is 645 g/mol. The normalized spacial score (nSPS) is 14.5. The number of nitrogens with zero attached hydrogens (tertiary/aromatic N) is 11. The van der Waals surface area contributed by atoms with Crippen LogP contribution in [0.3, 0.4) is 0 Å². The molecule has 0 spiro atoms. The Labute approximate surface area is 273 Å². The van der Waals surface area contributed by atoms with Crippen LogP contribution in [0.25, 0.3) is 0 Å². The van der Waals surface area contributed by atoms with Crippen molar-refractivity contribution in [3.63, 3.8) is 0 Å². The Morgan fingerprint density at radius 3 is 1.18 bits per heavy atom.